The number of halogens is 1. The van der Waals surface area contributed by atoms with Crippen LogP contribution in [-0.4, -0.2) is 46.0 Å². The molecule has 0 radical (unpaired) electrons. The highest BCUT2D eigenvalue weighted by Gasteiger charge is 2.58. The van der Waals surface area contributed by atoms with E-state index >= 15 is 4.39 Å². The van der Waals surface area contributed by atoms with Gasteiger partial charge in [0.2, 0.25) is 0 Å². The minimum Gasteiger partial charge on any atom is -0.463 e. The number of carbonyl (C=O) groups is 2. The second kappa shape index (κ2) is 8.26. The summed E-state index contributed by atoms with van der Waals surface area (Å²) >= 11 is 0. The Bertz CT molecular complexity index is 792. The molecule has 156 valence electrons. The predicted octanol–water partition coefficient (Wildman–Crippen LogP) is 1.22. The van der Waals surface area contributed by atoms with Crippen LogP contribution in [0.5, 0.6) is 0 Å². The highest BCUT2D eigenvalue weighted by atomic mass is 19.1. The van der Waals surface area contributed by atoms with Gasteiger partial charge in [-0.05, 0) is 13.0 Å². The third-order valence-electron chi connectivity index (χ3n) is 4.36. The van der Waals surface area contributed by atoms with Crippen LogP contribution in [0.15, 0.2) is 17.1 Å². The maximum atomic E-state index is 15.7. The molecule has 0 spiro atoms. The highest BCUT2D eigenvalue weighted by Crippen LogP contribution is 2.42. The van der Waals surface area contributed by atoms with Crippen LogP contribution in [0, 0.1) is 11.8 Å². The number of aromatic nitrogens is 2. The Morgan fingerprint density at radius 2 is 1.93 bits per heavy atom. The number of hydrogen-bond donors (Lipinski definition) is 1. The molecule has 4 atom stereocenters. The van der Waals surface area contributed by atoms with Crippen molar-refractivity contribution in [2.24, 2.45) is 11.8 Å². The molecule has 1 aromatic heterocycles. The Morgan fingerprint density at radius 3 is 2.46 bits per heavy atom. The van der Waals surface area contributed by atoms with Gasteiger partial charge in [0.05, 0.1) is 11.8 Å². The lowest BCUT2D eigenvalue weighted by molar-refractivity contribution is -0.165. The van der Waals surface area contributed by atoms with Gasteiger partial charge in [-0.1, -0.05) is 27.7 Å². The Morgan fingerprint density at radius 1 is 1.32 bits per heavy atom. The molecule has 1 fully saturated rings. The number of rotatable bonds is 6. The van der Waals surface area contributed by atoms with Crippen LogP contribution in [-0.2, 0) is 23.8 Å². The summed E-state index contributed by atoms with van der Waals surface area (Å²) < 4.78 is 32.7. The molecule has 0 unspecified atom stereocenters. The number of alkyl halides is 1. The maximum Gasteiger partial charge on any atom is 0.351 e. The van der Waals surface area contributed by atoms with E-state index in [0.717, 1.165) is 11.5 Å². The lowest BCUT2D eigenvalue weighted by atomic mass is 9.98. The standard InChI is InChI=1S/C18H26FN3O6/c1-9(2)14(23)26-8-11-13(28-15(24)10(3)4)18(5,19)16(27-11)22-7-6-12(20)21-17(22)25/h6-7,9-11,13,16H,8H2,1-5H3,(H2,20,21,25)/t11-,13+,16-,18-/m1/s1. The molecule has 2 rings (SSSR count). The second-order valence-electron chi connectivity index (χ2n) is 7.52. The molecule has 2 heterocycles. The lowest BCUT2D eigenvalue weighted by Gasteiger charge is -2.28. The molecule has 1 aromatic rings. The van der Waals surface area contributed by atoms with E-state index in [1.165, 1.54) is 12.3 Å². The first-order valence-electron chi connectivity index (χ1n) is 9.01. The normalized spacial score (nSPS) is 27.2. The topological polar surface area (TPSA) is 123 Å². The van der Waals surface area contributed by atoms with Gasteiger partial charge in [0, 0.05) is 6.20 Å². The third-order valence-corrected chi connectivity index (χ3v) is 4.36. The molecule has 1 aliphatic rings. The number of nitrogen functional groups attached to an aromatic ring is 1. The van der Waals surface area contributed by atoms with Gasteiger partial charge >= 0.3 is 17.6 Å². The van der Waals surface area contributed by atoms with E-state index in [2.05, 4.69) is 4.98 Å². The fraction of sp³-hybridized carbons (Fsp3) is 0.667. The fourth-order valence-electron chi connectivity index (χ4n) is 2.73. The summed E-state index contributed by atoms with van der Waals surface area (Å²) in [6.07, 6.45) is -2.69. The average molecular weight is 399 g/mol. The molecule has 9 nitrogen and oxygen atoms in total. The highest BCUT2D eigenvalue weighted by molar-refractivity contribution is 5.72. The SMILES string of the molecule is CC(C)C(=O)OC[C@H]1O[C@@H](n2ccc(N)nc2=O)[C@](C)(F)[C@H]1OC(=O)C(C)C. The van der Waals surface area contributed by atoms with E-state index in [-0.39, 0.29) is 12.4 Å². The quantitative estimate of drug-likeness (QED) is 0.709. The second-order valence-corrected chi connectivity index (χ2v) is 7.52. The van der Waals surface area contributed by atoms with Crippen molar-refractivity contribution in [1.82, 2.24) is 9.55 Å². The molecule has 10 heteroatoms. The van der Waals surface area contributed by atoms with Crippen LogP contribution >= 0.6 is 0 Å². The van der Waals surface area contributed by atoms with Crippen molar-refractivity contribution in [3.8, 4) is 0 Å². The average Bonchev–Trinajstić information content (AvgIpc) is 2.83. The van der Waals surface area contributed by atoms with Crippen molar-refractivity contribution in [2.75, 3.05) is 12.3 Å². The van der Waals surface area contributed by atoms with Crippen molar-refractivity contribution in [2.45, 2.75) is 58.7 Å². The Kier molecular flexibility index (Phi) is 6.43. The molecular weight excluding hydrogens is 373 g/mol. The summed E-state index contributed by atoms with van der Waals surface area (Å²) in [6, 6.07) is 1.32. The fourth-order valence-corrected chi connectivity index (χ4v) is 2.73. The molecule has 0 bridgehead atoms. The molecular formula is C18H26FN3O6. The number of ether oxygens (including phenoxy) is 3. The van der Waals surface area contributed by atoms with Crippen molar-refractivity contribution in [3.05, 3.63) is 22.7 Å². The van der Waals surface area contributed by atoms with Gasteiger partial charge in [0.25, 0.3) is 0 Å². The van der Waals surface area contributed by atoms with E-state index in [0.29, 0.717) is 0 Å². The van der Waals surface area contributed by atoms with Crippen LogP contribution in [0.3, 0.4) is 0 Å². The van der Waals surface area contributed by atoms with E-state index < -0.39 is 53.6 Å². The van der Waals surface area contributed by atoms with Crippen molar-refractivity contribution in [3.63, 3.8) is 0 Å². The smallest absolute Gasteiger partial charge is 0.351 e. The molecule has 0 aliphatic carbocycles. The lowest BCUT2D eigenvalue weighted by Crippen LogP contribution is -2.46. The van der Waals surface area contributed by atoms with Crippen LogP contribution in [0.1, 0.15) is 40.8 Å². The minimum atomic E-state index is -2.29. The van der Waals surface area contributed by atoms with Crippen molar-refractivity contribution >= 4 is 17.8 Å². The monoisotopic (exact) mass is 399 g/mol. The molecule has 2 N–H and O–H groups in total. The van der Waals surface area contributed by atoms with Gasteiger partial charge in [0.1, 0.15) is 18.5 Å². The molecule has 0 saturated carbocycles. The Labute approximate surface area is 162 Å². The Hall–Kier alpha value is -2.49. The number of esters is 2. The van der Waals surface area contributed by atoms with Crippen LogP contribution in [0.2, 0.25) is 0 Å². The number of nitrogens with two attached hydrogens (primary N) is 1. The van der Waals surface area contributed by atoms with Crippen LogP contribution < -0.4 is 11.4 Å². The van der Waals surface area contributed by atoms with Crippen molar-refractivity contribution in [1.29, 1.82) is 0 Å². The summed E-state index contributed by atoms with van der Waals surface area (Å²) in [5.74, 6) is -2.07. The number of nitrogens with zero attached hydrogens (tertiary/aromatic N) is 2. The molecule has 28 heavy (non-hydrogen) atoms. The molecule has 0 amide bonds. The molecule has 0 aromatic carbocycles. The summed E-state index contributed by atoms with van der Waals surface area (Å²) in [7, 11) is 0. The zero-order chi connectivity index (χ0) is 21.2. The first kappa shape index (κ1) is 21.8. The first-order chi connectivity index (χ1) is 12.9. The zero-order valence-corrected chi connectivity index (χ0v) is 16.5. The van der Waals surface area contributed by atoms with Crippen molar-refractivity contribution < 1.29 is 28.2 Å². The van der Waals surface area contributed by atoms with E-state index in [9.17, 15) is 14.4 Å². The van der Waals surface area contributed by atoms with E-state index in [1.54, 1.807) is 27.7 Å². The predicted molar refractivity (Wildman–Crippen MR) is 96.8 cm³/mol. The van der Waals surface area contributed by atoms with Crippen LogP contribution in [0.4, 0.5) is 10.2 Å². The summed E-state index contributed by atoms with van der Waals surface area (Å²) in [5.41, 5.74) is 2.36. The molecule has 1 aliphatic heterocycles. The van der Waals surface area contributed by atoms with Gasteiger partial charge in [0.15, 0.2) is 18.0 Å². The van der Waals surface area contributed by atoms with Gasteiger partial charge in [-0.25, -0.2) is 9.18 Å². The summed E-state index contributed by atoms with van der Waals surface area (Å²) in [5, 5.41) is 0. The number of hydrogen-bond acceptors (Lipinski definition) is 8. The maximum absolute atomic E-state index is 15.7. The number of anilines is 1. The largest absolute Gasteiger partial charge is 0.463 e. The first-order valence-corrected chi connectivity index (χ1v) is 9.01. The van der Waals surface area contributed by atoms with E-state index in [1.807, 2.05) is 0 Å². The van der Waals surface area contributed by atoms with Gasteiger partial charge in [-0.15, -0.1) is 0 Å². The Balaban J connectivity index is 2.34. The number of carbonyl (C=O) groups excluding carboxylic acids is 2. The summed E-state index contributed by atoms with van der Waals surface area (Å²) in [6.45, 7) is 7.33. The van der Waals surface area contributed by atoms with Crippen LogP contribution in [0.25, 0.3) is 0 Å². The zero-order valence-electron chi connectivity index (χ0n) is 16.5. The molecule has 1 saturated heterocycles. The van der Waals surface area contributed by atoms with Gasteiger partial charge in [-0.3, -0.25) is 14.2 Å². The summed E-state index contributed by atoms with van der Waals surface area (Å²) in [4.78, 5) is 39.6. The van der Waals surface area contributed by atoms with Gasteiger partial charge < -0.3 is 19.9 Å². The van der Waals surface area contributed by atoms with Gasteiger partial charge in [-0.2, -0.15) is 4.98 Å². The minimum absolute atomic E-state index is 0.0231. The van der Waals surface area contributed by atoms with E-state index in [4.69, 9.17) is 19.9 Å². The third kappa shape index (κ3) is 4.49.